The lowest BCUT2D eigenvalue weighted by Gasteiger charge is -2.17. The second kappa shape index (κ2) is 2.53. The summed E-state index contributed by atoms with van der Waals surface area (Å²) in [4.78, 5) is 3.33. The minimum Gasteiger partial charge on any atom is -0.384 e. The van der Waals surface area contributed by atoms with Crippen molar-refractivity contribution < 1.29 is 16.4 Å². The highest BCUT2D eigenvalue weighted by Crippen LogP contribution is 2.20. The SMILES string of the molecule is [2H]c1nc(N)c([2H])c([2H])c1C(C([2H])([2H])[2H])(C([2H])([2H])[2H])C([2H])([2H])[2H]. The van der Waals surface area contributed by atoms with Gasteiger partial charge < -0.3 is 5.73 Å². The van der Waals surface area contributed by atoms with Gasteiger partial charge >= 0.3 is 0 Å². The van der Waals surface area contributed by atoms with Gasteiger partial charge in [-0.3, -0.25) is 0 Å². The van der Waals surface area contributed by atoms with Crippen molar-refractivity contribution in [1.29, 1.82) is 0 Å². The largest absolute Gasteiger partial charge is 0.384 e. The predicted octanol–water partition coefficient (Wildman–Crippen LogP) is 1.96. The van der Waals surface area contributed by atoms with Gasteiger partial charge in [-0.05, 0) is 17.0 Å². The molecule has 0 radical (unpaired) electrons. The Morgan fingerprint density at radius 1 is 1.55 bits per heavy atom. The summed E-state index contributed by atoms with van der Waals surface area (Å²) >= 11 is 0. The first-order valence-corrected chi connectivity index (χ1v) is 2.74. The summed E-state index contributed by atoms with van der Waals surface area (Å²) in [5.41, 5.74) is 0.601. The van der Waals surface area contributed by atoms with Crippen LogP contribution in [0.5, 0.6) is 0 Å². The van der Waals surface area contributed by atoms with E-state index in [9.17, 15) is 0 Å². The number of hydrogen-bond acceptors (Lipinski definition) is 2. The Morgan fingerprint density at radius 3 is 2.91 bits per heavy atom. The summed E-state index contributed by atoms with van der Waals surface area (Å²) in [5.74, 6) is -0.598. The van der Waals surface area contributed by atoms with Crippen molar-refractivity contribution in [1.82, 2.24) is 4.98 Å². The van der Waals surface area contributed by atoms with Gasteiger partial charge in [0.05, 0.1) is 4.11 Å². The molecule has 0 unspecified atom stereocenters. The first-order chi connectivity index (χ1) is 10.00. The summed E-state index contributed by atoms with van der Waals surface area (Å²) < 4.78 is 90.8. The number of pyridine rings is 1. The highest BCUT2D eigenvalue weighted by molar-refractivity contribution is 5.31. The molecular weight excluding hydrogens is 136 g/mol. The van der Waals surface area contributed by atoms with Crippen LogP contribution in [0.1, 0.15) is 42.6 Å². The molecule has 0 aliphatic heterocycles. The van der Waals surface area contributed by atoms with E-state index in [-0.39, 0.29) is 0 Å². The summed E-state index contributed by atoms with van der Waals surface area (Å²) in [6.45, 7) is -10.9. The monoisotopic (exact) mass is 162 g/mol. The molecule has 0 aliphatic rings. The fourth-order valence-corrected chi connectivity index (χ4v) is 0.476. The van der Waals surface area contributed by atoms with E-state index in [1.807, 2.05) is 0 Å². The Morgan fingerprint density at radius 2 is 2.27 bits per heavy atom. The number of rotatable bonds is 0. The van der Waals surface area contributed by atoms with Gasteiger partial charge in [0, 0.05) is 18.5 Å². The molecule has 1 rings (SSSR count). The normalized spacial score (nSPS) is 30.9. The van der Waals surface area contributed by atoms with E-state index in [2.05, 4.69) is 4.98 Å². The molecule has 0 saturated heterocycles. The lowest BCUT2D eigenvalue weighted by molar-refractivity contribution is 0.588. The van der Waals surface area contributed by atoms with Gasteiger partial charge in [0.25, 0.3) is 0 Å². The van der Waals surface area contributed by atoms with Crippen LogP contribution in [0.3, 0.4) is 0 Å². The molecule has 60 valence electrons. The third kappa shape index (κ3) is 1.93. The molecule has 1 aromatic rings. The third-order valence-electron chi connectivity index (χ3n) is 0.979. The lowest BCUT2D eigenvalue weighted by Crippen LogP contribution is -2.11. The molecule has 0 amide bonds. The molecule has 0 saturated carbocycles. The van der Waals surface area contributed by atoms with Crippen LogP contribution in [0.15, 0.2) is 18.3 Å². The summed E-state index contributed by atoms with van der Waals surface area (Å²) in [7, 11) is 0. The molecule has 0 aromatic carbocycles. The van der Waals surface area contributed by atoms with Crippen LogP contribution < -0.4 is 5.73 Å². The van der Waals surface area contributed by atoms with Crippen molar-refractivity contribution in [2.24, 2.45) is 0 Å². The first kappa shape index (κ1) is 1.65. The quantitative estimate of drug-likeness (QED) is 0.633. The van der Waals surface area contributed by atoms with Crippen molar-refractivity contribution in [3.63, 3.8) is 0 Å². The van der Waals surface area contributed by atoms with E-state index >= 15 is 0 Å². The minimum absolute atomic E-state index is 0.598. The highest BCUT2D eigenvalue weighted by Gasteiger charge is 2.12. The van der Waals surface area contributed by atoms with Crippen LogP contribution in [-0.4, -0.2) is 4.98 Å². The first-order valence-electron chi connectivity index (χ1n) is 8.74. The maximum atomic E-state index is 7.80. The van der Waals surface area contributed by atoms with Gasteiger partial charge in [0.15, 0.2) is 0 Å². The maximum absolute atomic E-state index is 7.80. The van der Waals surface area contributed by atoms with E-state index in [1.165, 1.54) is 0 Å². The van der Waals surface area contributed by atoms with Crippen molar-refractivity contribution in [3.8, 4) is 0 Å². The van der Waals surface area contributed by atoms with Crippen molar-refractivity contribution in [2.75, 3.05) is 5.73 Å². The number of nitrogens with zero attached hydrogens (tertiary/aromatic N) is 1. The van der Waals surface area contributed by atoms with E-state index in [0.717, 1.165) is 0 Å². The van der Waals surface area contributed by atoms with Crippen molar-refractivity contribution in [2.45, 2.75) is 26.0 Å². The topological polar surface area (TPSA) is 38.9 Å². The van der Waals surface area contributed by atoms with Gasteiger partial charge in [-0.15, -0.1) is 0 Å². The number of anilines is 1. The third-order valence-corrected chi connectivity index (χ3v) is 0.979. The molecule has 2 heteroatoms. The molecule has 2 nitrogen and oxygen atoms in total. The summed E-state index contributed by atoms with van der Waals surface area (Å²) in [6.07, 6.45) is -1.06. The van der Waals surface area contributed by atoms with Crippen molar-refractivity contribution >= 4 is 5.82 Å². The van der Waals surface area contributed by atoms with Crippen LogP contribution in [0, 0.1) is 0 Å². The average Bonchev–Trinajstić information content (AvgIpc) is 2.26. The van der Waals surface area contributed by atoms with Gasteiger partial charge in [0.1, 0.15) is 5.82 Å². The molecule has 0 spiro atoms. The van der Waals surface area contributed by atoms with Gasteiger partial charge in [-0.1, -0.05) is 26.6 Å². The highest BCUT2D eigenvalue weighted by atomic mass is 14.8. The minimum atomic E-state index is -3.63. The fourth-order valence-electron chi connectivity index (χ4n) is 0.476. The Hall–Kier alpha value is -1.05. The standard InChI is InChI=1S/C9H14N2/c1-9(2,3)7-4-5-8(10)11-6-7/h4-6H,1-3H3,(H2,10,11)/i1D3,2D3,3D3,4D,5D,6D. The van der Waals surface area contributed by atoms with E-state index in [1.54, 1.807) is 0 Å². The molecular formula is C9H14N2. The van der Waals surface area contributed by atoms with Gasteiger partial charge in [-0.2, -0.15) is 0 Å². The molecule has 0 atom stereocenters. The molecule has 0 fully saturated rings. The molecule has 11 heavy (non-hydrogen) atoms. The molecule has 0 bridgehead atoms. The Bertz CT molecular complexity index is 575. The maximum Gasteiger partial charge on any atom is 0.123 e. The number of hydrogen-bond donors (Lipinski definition) is 1. The predicted molar refractivity (Wildman–Crippen MR) is 47.3 cm³/mol. The second-order valence-electron chi connectivity index (χ2n) is 1.98. The Labute approximate surface area is 84.3 Å². The zero-order chi connectivity index (χ0) is 18.6. The summed E-state index contributed by atoms with van der Waals surface area (Å²) in [5, 5.41) is 0. The van der Waals surface area contributed by atoms with Crippen LogP contribution >= 0.6 is 0 Å². The second-order valence-corrected chi connectivity index (χ2v) is 1.98. The van der Waals surface area contributed by atoms with Crippen LogP contribution in [0.25, 0.3) is 0 Å². The fraction of sp³-hybridized carbons (Fsp3) is 0.444. The van der Waals surface area contributed by atoms with E-state index in [4.69, 9.17) is 22.2 Å². The molecule has 1 heterocycles. The number of nitrogens with two attached hydrogens (primary N) is 1. The average molecular weight is 162 g/mol. The number of nitrogen functional groups attached to an aromatic ring is 1. The zero-order valence-corrected chi connectivity index (χ0v) is 5.52. The lowest BCUT2D eigenvalue weighted by atomic mass is 9.88. The van der Waals surface area contributed by atoms with Crippen LogP contribution in [-0.2, 0) is 5.41 Å². The molecule has 2 N–H and O–H groups in total. The zero-order valence-electron chi connectivity index (χ0n) is 17.5. The van der Waals surface area contributed by atoms with E-state index in [0.29, 0.717) is 0 Å². The van der Waals surface area contributed by atoms with Crippen LogP contribution in [0.4, 0.5) is 5.82 Å². The van der Waals surface area contributed by atoms with Crippen LogP contribution in [0.2, 0.25) is 0 Å². The van der Waals surface area contributed by atoms with Crippen molar-refractivity contribution in [3.05, 3.63) is 23.8 Å². The molecule has 1 aromatic heterocycles. The Kier molecular flexibility index (Phi) is 0.381. The smallest absolute Gasteiger partial charge is 0.123 e. The van der Waals surface area contributed by atoms with Gasteiger partial charge in [-0.25, -0.2) is 4.98 Å². The van der Waals surface area contributed by atoms with E-state index < -0.39 is 55.6 Å². The summed E-state index contributed by atoms with van der Waals surface area (Å²) in [6, 6.07) is -1.89. The van der Waals surface area contributed by atoms with Gasteiger partial charge in [0.2, 0.25) is 0 Å². The molecule has 0 aliphatic carbocycles. The Balaban J connectivity index is 4.16. The number of aromatic nitrogens is 1.